The van der Waals surface area contributed by atoms with E-state index in [-0.39, 0.29) is 5.91 Å². The van der Waals surface area contributed by atoms with Gasteiger partial charge in [0.1, 0.15) is 10.8 Å². The van der Waals surface area contributed by atoms with Crippen LogP contribution in [0.25, 0.3) is 0 Å². The first-order valence-electron chi connectivity index (χ1n) is 7.26. The summed E-state index contributed by atoms with van der Waals surface area (Å²) in [7, 11) is 0. The molecule has 1 N–H and O–H groups in total. The lowest BCUT2D eigenvalue weighted by Gasteiger charge is -2.33. The molecule has 2 aromatic rings. The number of aromatic nitrogens is 2. The fraction of sp³-hybridized carbons (Fsp3) is 0.500. The minimum Gasteiger partial charge on any atom is -0.468 e. The highest BCUT2D eigenvalue weighted by Gasteiger charge is 2.20. The van der Waals surface area contributed by atoms with Crippen LogP contribution in [0.15, 0.2) is 22.8 Å². The van der Waals surface area contributed by atoms with Crippen LogP contribution >= 0.6 is 11.3 Å². The van der Waals surface area contributed by atoms with Crippen molar-refractivity contribution in [2.45, 2.75) is 13.5 Å². The molecule has 3 heterocycles. The maximum Gasteiger partial charge on any atom is 0.240 e. The van der Waals surface area contributed by atoms with Gasteiger partial charge in [-0.25, -0.2) is 0 Å². The van der Waals surface area contributed by atoms with Gasteiger partial charge in [-0.1, -0.05) is 11.3 Å². The van der Waals surface area contributed by atoms with Crippen LogP contribution in [0.4, 0.5) is 5.13 Å². The van der Waals surface area contributed by atoms with Gasteiger partial charge in [0.25, 0.3) is 0 Å². The van der Waals surface area contributed by atoms with Crippen molar-refractivity contribution in [1.82, 2.24) is 20.0 Å². The summed E-state index contributed by atoms with van der Waals surface area (Å²) in [6.45, 7) is 6.72. The highest BCUT2D eigenvalue weighted by atomic mass is 32.1. The Morgan fingerprint density at radius 1 is 1.32 bits per heavy atom. The number of anilines is 1. The van der Waals surface area contributed by atoms with Gasteiger partial charge in [-0.05, 0) is 19.1 Å². The summed E-state index contributed by atoms with van der Waals surface area (Å²) in [5, 5.41) is 12.0. The van der Waals surface area contributed by atoms with Gasteiger partial charge in [0.05, 0.1) is 19.4 Å². The van der Waals surface area contributed by atoms with Gasteiger partial charge >= 0.3 is 0 Å². The molecule has 1 aliphatic heterocycles. The summed E-state index contributed by atoms with van der Waals surface area (Å²) < 4.78 is 5.36. The lowest BCUT2D eigenvalue weighted by Crippen LogP contribution is -2.48. The first kappa shape index (κ1) is 15.1. The van der Waals surface area contributed by atoms with Gasteiger partial charge in [-0.3, -0.25) is 19.9 Å². The topological polar surface area (TPSA) is 74.5 Å². The van der Waals surface area contributed by atoms with Crippen LogP contribution in [-0.4, -0.2) is 58.6 Å². The predicted molar refractivity (Wildman–Crippen MR) is 83.7 cm³/mol. The number of hydrogen-bond acceptors (Lipinski definition) is 7. The van der Waals surface area contributed by atoms with Gasteiger partial charge in [0.2, 0.25) is 11.0 Å². The van der Waals surface area contributed by atoms with Crippen LogP contribution in [0.2, 0.25) is 0 Å². The van der Waals surface area contributed by atoms with Crippen LogP contribution < -0.4 is 5.32 Å². The molecule has 0 saturated carbocycles. The second-order valence-electron chi connectivity index (χ2n) is 5.31. The van der Waals surface area contributed by atoms with Crippen molar-refractivity contribution in [1.29, 1.82) is 0 Å². The number of piperazine rings is 1. The van der Waals surface area contributed by atoms with E-state index in [1.807, 2.05) is 19.1 Å². The Balaban J connectivity index is 1.40. The molecular formula is C14H19N5O2S. The molecule has 8 heteroatoms. The van der Waals surface area contributed by atoms with E-state index in [1.165, 1.54) is 11.3 Å². The van der Waals surface area contributed by atoms with Crippen LogP contribution in [-0.2, 0) is 11.3 Å². The Bertz CT molecular complexity index is 605. The zero-order valence-corrected chi connectivity index (χ0v) is 13.3. The van der Waals surface area contributed by atoms with Crippen LogP contribution in [0.1, 0.15) is 10.8 Å². The third-order valence-corrected chi connectivity index (χ3v) is 4.32. The van der Waals surface area contributed by atoms with Crippen molar-refractivity contribution in [3.05, 3.63) is 29.2 Å². The van der Waals surface area contributed by atoms with Gasteiger partial charge in [-0.2, -0.15) is 0 Å². The maximum absolute atomic E-state index is 12.0. The minimum atomic E-state index is -0.0318. The highest BCUT2D eigenvalue weighted by molar-refractivity contribution is 7.15. The molecule has 1 saturated heterocycles. The molecule has 0 spiro atoms. The molecule has 7 nitrogen and oxygen atoms in total. The molecule has 0 aliphatic carbocycles. The molecule has 118 valence electrons. The third-order valence-electron chi connectivity index (χ3n) is 3.56. The van der Waals surface area contributed by atoms with Gasteiger partial charge in [0.15, 0.2) is 0 Å². The van der Waals surface area contributed by atoms with Crippen molar-refractivity contribution in [3.8, 4) is 0 Å². The molecule has 0 unspecified atom stereocenters. The average Bonchev–Trinajstić information content (AvgIpc) is 3.13. The number of amides is 1. The summed E-state index contributed by atoms with van der Waals surface area (Å²) in [5.41, 5.74) is 0. The van der Waals surface area contributed by atoms with Crippen molar-refractivity contribution in [2.75, 3.05) is 38.0 Å². The number of furan rings is 1. The Morgan fingerprint density at radius 3 is 2.73 bits per heavy atom. The normalized spacial score (nSPS) is 16.8. The van der Waals surface area contributed by atoms with Gasteiger partial charge in [0, 0.05) is 26.2 Å². The molecule has 1 amide bonds. The predicted octanol–water partition coefficient (Wildman–Crippen LogP) is 1.20. The van der Waals surface area contributed by atoms with E-state index in [1.54, 1.807) is 6.26 Å². The molecular weight excluding hydrogens is 302 g/mol. The van der Waals surface area contributed by atoms with Crippen LogP contribution in [0.5, 0.6) is 0 Å². The largest absolute Gasteiger partial charge is 0.468 e. The highest BCUT2D eigenvalue weighted by Crippen LogP contribution is 2.14. The first-order chi connectivity index (χ1) is 10.7. The maximum atomic E-state index is 12.0. The number of aryl methyl sites for hydroxylation is 1. The molecule has 0 atom stereocenters. The quantitative estimate of drug-likeness (QED) is 0.892. The molecule has 22 heavy (non-hydrogen) atoms. The van der Waals surface area contributed by atoms with Crippen LogP contribution in [0, 0.1) is 6.92 Å². The van der Waals surface area contributed by atoms with E-state index in [4.69, 9.17) is 4.42 Å². The van der Waals surface area contributed by atoms with E-state index in [2.05, 4.69) is 25.3 Å². The van der Waals surface area contributed by atoms with E-state index in [0.29, 0.717) is 11.7 Å². The summed E-state index contributed by atoms with van der Waals surface area (Å²) in [6, 6.07) is 3.90. The molecule has 0 radical (unpaired) electrons. The first-order valence-corrected chi connectivity index (χ1v) is 8.08. The standard InChI is InChI=1S/C14H19N5O2S/c1-11-16-17-14(22-11)15-13(20)10-19-6-4-18(5-7-19)9-12-3-2-8-21-12/h2-3,8H,4-7,9-10H2,1H3,(H,15,17,20). The summed E-state index contributed by atoms with van der Waals surface area (Å²) in [5.74, 6) is 0.952. The lowest BCUT2D eigenvalue weighted by atomic mass is 10.3. The smallest absolute Gasteiger partial charge is 0.240 e. The number of nitrogens with zero attached hydrogens (tertiary/aromatic N) is 4. The zero-order valence-electron chi connectivity index (χ0n) is 12.5. The summed E-state index contributed by atoms with van der Waals surface area (Å²) in [6.07, 6.45) is 1.70. The van der Waals surface area contributed by atoms with Crippen molar-refractivity contribution >= 4 is 22.4 Å². The fourth-order valence-electron chi connectivity index (χ4n) is 2.44. The van der Waals surface area contributed by atoms with E-state index in [9.17, 15) is 4.79 Å². The fourth-order valence-corrected chi connectivity index (χ4v) is 3.05. The monoisotopic (exact) mass is 321 g/mol. The summed E-state index contributed by atoms with van der Waals surface area (Å²) in [4.78, 5) is 16.5. The molecule has 3 rings (SSSR count). The second kappa shape index (κ2) is 6.99. The number of nitrogens with one attached hydrogen (secondary N) is 1. The summed E-state index contributed by atoms with van der Waals surface area (Å²) >= 11 is 1.39. The van der Waals surface area contributed by atoms with Crippen LogP contribution in [0.3, 0.4) is 0 Å². The SMILES string of the molecule is Cc1nnc(NC(=O)CN2CCN(Cc3ccco3)CC2)s1. The lowest BCUT2D eigenvalue weighted by molar-refractivity contribution is -0.117. The number of carbonyl (C=O) groups is 1. The minimum absolute atomic E-state index is 0.0318. The van der Waals surface area contributed by atoms with E-state index >= 15 is 0 Å². The zero-order chi connectivity index (χ0) is 15.4. The molecule has 2 aromatic heterocycles. The Kier molecular flexibility index (Phi) is 4.81. The van der Waals surface area contributed by atoms with Crippen molar-refractivity contribution in [3.63, 3.8) is 0 Å². The molecule has 1 aliphatic rings. The van der Waals surface area contributed by atoms with E-state index in [0.717, 1.165) is 43.5 Å². The Hall–Kier alpha value is -1.77. The van der Waals surface area contributed by atoms with Crippen molar-refractivity contribution < 1.29 is 9.21 Å². The number of carbonyl (C=O) groups excluding carboxylic acids is 1. The Morgan fingerprint density at radius 2 is 2.09 bits per heavy atom. The molecule has 0 bridgehead atoms. The second-order valence-corrected chi connectivity index (χ2v) is 6.49. The third kappa shape index (κ3) is 4.12. The van der Waals surface area contributed by atoms with Gasteiger partial charge in [-0.15, -0.1) is 10.2 Å². The number of rotatable bonds is 5. The Labute approximate surface area is 132 Å². The molecule has 0 aromatic carbocycles. The van der Waals surface area contributed by atoms with Crippen molar-refractivity contribution in [2.24, 2.45) is 0 Å². The average molecular weight is 321 g/mol. The number of hydrogen-bond donors (Lipinski definition) is 1. The van der Waals surface area contributed by atoms with Gasteiger partial charge < -0.3 is 4.42 Å². The molecule has 1 fully saturated rings. The van der Waals surface area contributed by atoms with E-state index < -0.39 is 0 Å².